The topological polar surface area (TPSA) is 85.4 Å². The molecule has 0 radical (unpaired) electrons. The maximum absolute atomic E-state index is 12.3. The molecule has 0 aliphatic rings. The second kappa shape index (κ2) is 9.19. The molecular weight excluding hydrogens is 408 g/mol. The Labute approximate surface area is 174 Å². The number of benzene rings is 2. The van der Waals surface area contributed by atoms with Gasteiger partial charge in [-0.05, 0) is 43.7 Å². The van der Waals surface area contributed by atoms with Gasteiger partial charge in [0.25, 0.3) is 0 Å². The maximum Gasteiger partial charge on any atom is 0.241 e. The molecule has 0 spiro atoms. The van der Waals surface area contributed by atoms with Crippen LogP contribution < -0.4 is 10.1 Å². The highest BCUT2D eigenvalue weighted by molar-refractivity contribution is 7.91. The zero-order valence-corrected chi connectivity index (χ0v) is 17.8. The number of aryl methyl sites for hydroxylation is 1. The van der Waals surface area contributed by atoms with Crippen LogP contribution in [0, 0.1) is 6.92 Å². The fourth-order valence-electron chi connectivity index (χ4n) is 2.83. The molecule has 29 heavy (non-hydrogen) atoms. The van der Waals surface area contributed by atoms with Gasteiger partial charge in [0.1, 0.15) is 11.5 Å². The Morgan fingerprint density at radius 1 is 1.10 bits per heavy atom. The number of carbonyl (C=O) groups is 1. The zero-order chi connectivity index (χ0) is 20.9. The van der Waals surface area contributed by atoms with Crippen LogP contribution in [0.3, 0.4) is 0 Å². The highest BCUT2D eigenvalue weighted by atomic mass is 32.2. The molecule has 0 aliphatic carbocycles. The summed E-state index contributed by atoms with van der Waals surface area (Å²) in [4.78, 5) is 17.6. The number of nitrogens with zero attached hydrogens (tertiary/aromatic N) is 1. The molecule has 0 saturated heterocycles. The van der Waals surface area contributed by atoms with Gasteiger partial charge in [-0.2, -0.15) is 0 Å². The van der Waals surface area contributed by atoms with Crippen molar-refractivity contribution in [3.05, 3.63) is 65.0 Å². The minimum atomic E-state index is -3.57. The molecule has 3 aromatic rings. The van der Waals surface area contributed by atoms with Crippen LogP contribution in [0.4, 0.5) is 5.13 Å². The molecule has 6 nitrogen and oxygen atoms in total. The summed E-state index contributed by atoms with van der Waals surface area (Å²) in [5.74, 6) is -0.566. The molecule has 0 aliphatic heterocycles. The first-order chi connectivity index (χ1) is 13.9. The first-order valence-corrected chi connectivity index (χ1v) is 11.7. The van der Waals surface area contributed by atoms with Crippen LogP contribution in [0.15, 0.2) is 54.6 Å². The number of amides is 1. The lowest BCUT2D eigenvalue weighted by Gasteiger charge is -2.05. The number of anilines is 1. The van der Waals surface area contributed by atoms with E-state index in [4.69, 9.17) is 4.74 Å². The zero-order valence-electron chi connectivity index (χ0n) is 16.2. The van der Waals surface area contributed by atoms with Crippen LogP contribution in [0.1, 0.15) is 17.4 Å². The number of thiazole rings is 1. The van der Waals surface area contributed by atoms with Crippen LogP contribution in [-0.2, 0) is 20.4 Å². The monoisotopic (exact) mass is 430 g/mol. The fraction of sp³-hybridized carbons (Fsp3) is 0.238. The summed E-state index contributed by atoms with van der Waals surface area (Å²) in [5, 5.41) is 2.99. The molecule has 8 heteroatoms. The molecule has 0 unspecified atom stereocenters. The number of hydrogen-bond donors (Lipinski definition) is 1. The molecule has 1 N–H and O–H groups in total. The molecule has 2 aromatic carbocycles. The summed E-state index contributed by atoms with van der Waals surface area (Å²) in [6, 6.07) is 16.3. The van der Waals surface area contributed by atoms with E-state index in [1.165, 1.54) is 11.3 Å². The first kappa shape index (κ1) is 21.0. The Morgan fingerprint density at radius 2 is 1.79 bits per heavy atom. The van der Waals surface area contributed by atoms with Gasteiger partial charge in [-0.25, -0.2) is 13.4 Å². The van der Waals surface area contributed by atoms with Gasteiger partial charge in [0.05, 0.1) is 18.1 Å². The van der Waals surface area contributed by atoms with Crippen molar-refractivity contribution in [2.75, 3.05) is 17.7 Å². The van der Waals surface area contributed by atoms with Crippen LogP contribution in [-0.4, -0.2) is 31.7 Å². The fourth-order valence-corrected chi connectivity index (χ4v) is 4.95. The molecule has 0 atom stereocenters. The van der Waals surface area contributed by atoms with Crippen LogP contribution in [0.2, 0.25) is 0 Å². The number of carbonyl (C=O) groups excluding carboxylic acids is 1. The predicted octanol–water partition coefficient (Wildman–Crippen LogP) is 4.07. The van der Waals surface area contributed by atoms with Crippen molar-refractivity contribution in [3.63, 3.8) is 0 Å². The second-order valence-electron chi connectivity index (χ2n) is 6.45. The van der Waals surface area contributed by atoms with E-state index in [0.29, 0.717) is 17.3 Å². The van der Waals surface area contributed by atoms with Gasteiger partial charge in [-0.3, -0.25) is 4.79 Å². The van der Waals surface area contributed by atoms with E-state index in [1.807, 2.05) is 44.2 Å². The molecule has 0 fully saturated rings. The SMILES string of the molecule is CCOc1ccc(-c2nc(NC(=O)CS(=O)(=O)Cc3ccccc3)sc2C)cc1. The summed E-state index contributed by atoms with van der Waals surface area (Å²) in [6.07, 6.45) is 0. The second-order valence-corrected chi connectivity index (χ2v) is 9.71. The van der Waals surface area contributed by atoms with Gasteiger partial charge < -0.3 is 10.1 Å². The lowest BCUT2D eigenvalue weighted by molar-refractivity contribution is -0.113. The summed E-state index contributed by atoms with van der Waals surface area (Å²) >= 11 is 1.31. The maximum atomic E-state index is 12.3. The van der Waals surface area contributed by atoms with Gasteiger partial charge in [0.15, 0.2) is 15.0 Å². The van der Waals surface area contributed by atoms with E-state index >= 15 is 0 Å². The Kier molecular flexibility index (Phi) is 6.66. The highest BCUT2D eigenvalue weighted by Crippen LogP contribution is 2.31. The predicted molar refractivity (Wildman–Crippen MR) is 116 cm³/mol. The van der Waals surface area contributed by atoms with E-state index in [-0.39, 0.29) is 5.75 Å². The van der Waals surface area contributed by atoms with E-state index in [0.717, 1.165) is 21.9 Å². The quantitative estimate of drug-likeness (QED) is 0.582. The number of nitrogens with one attached hydrogen (secondary N) is 1. The minimum Gasteiger partial charge on any atom is -0.494 e. The highest BCUT2D eigenvalue weighted by Gasteiger charge is 2.19. The van der Waals surface area contributed by atoms with Crippen molar-refractivity contribution in [2.45, 2.75) is 19.6 Å². The van der Waals surface area contributed by atoms with Crippen LogP contribution in [0.5, 0.6) is 5.75 Å². The van der Waals surface area contributed by atoms with Gasteiger partial charge in [0.2, 0.25) is 5.91 Å². The Morgan fingerprint density at radius 3 is 2.45 bits per heavy atom. The number of ether oxygens (including phenoxy) is 1. The van der Waals surface area contributed by atoms with Gasteiger partial charge >= 0.3 is 0 Å². The van der Waals surface area contributed by atoms with Gasteiger partial charge in [-0.15, -0.1) is 11.3 Å². The molecule has 1 aromatic heterocycles. The summed E-state index contributed by atoms with van der Waals surface area (Å²) < 4.78 is 30.0. The molecule has 0 saturated carbocycles. The Bertz CT molecular complexity index is 1080. The smallest absolute Gasteiger partial charge is 0.241 e. The Hall–Kier alpha value is -2.71. The van der Waals surface area contributed by atoms with E-state index in [2.05, 4.69) is 10.3 Å². The summed E-state index contributed by atoms with van der Waals surface area (Å²) in [7, 11) is -3.57. The molecule has 152 valence electrons. The molecule has 0 bridgehead atoms. The normalized spacial score (nSPS) is 11.2. The first-order valence-electron chi connectivity index (χ1n) is 9.11. The molecule has 1 amide bonds. The van der Waals surface area contributed by atoms with Crippen molar-refractivity contribution >= 4 is 32.2 Å². The van der Waals surface area contributed by atoms with Crippen molar-refractivity contribution < 1.29 is 17.9 Å². The molecule has 3 rings (SSSR count). The van der Waals surface area contributed by atoms with Crippen LogP contribution in [0.25, 0.3) is 11.3 Å². The standard InChI is InChI=1S/C21H22N2O4S2/c1-3-27-18-11-9-17(10-12-18)20-15(2)28-21(23-20)22-19(24)14-29(25,26)13-16-7-5-4-6-8-16/h4-12H,3,13-14H2,1-2H3,(H,22,23,24). The number of rotatable bonds is 8. The summed E-state index contributed by atoms with van der Waals surface area (Å²) in [5.41, 5.74) is 2.31. The van der Waals surface area contributed by atoms with Crippen molar-refractivity contribution in [3.8, 4) is 17.0 Å². The average molecular weight is 431 g/mol. The van der Waals surface area contributed by atoms with Gasteiger partial charge in [0, 0.05) is 10.4 Å². The number of sulfone groups is 1. The van der Waals surface area contributed by atoms with Crippen molar-refractivity contribution in [1.29, 1.82) is 0 Å². The molecule has 1 heterocycles. The molecular formula is C21H22N2O4S2. The lowest BCUT2D eigenvalue weighted by Crippen LogP contribution is -2.23. The minimum absolute atomic E-state index is 0.171. The number of aromatic nitrogens is 1. The summed E-state index contributed by atoms with van der Waals surface area (Å²) in [6.45, 7) is 4.43. The van der Waals surface area contributed by atoms with Gasteiger partial charge in [-0.1, -0.05) is 30.3 Å². The third-order valence-corrected chi connectivity index (χ3v) is 6.42. The van der Waals surface area contributed by atoms with E-state index < -0.39 is 21.5 Å². The van der Waals surface area contributed by atoms with Crippen molar-refractivity contribution in [1.82, 2.24) is 4.98 Å². The van der Waals surface area contributed by atoms with E-state index in [1.54, 1.807) is 24.3 Å². The third-order valence-electron chi connectivity index (χ3n) is 4.06. The lowest BCUT2D eigenvalue weighted by atomic mass is 10.1. The Balaban J connectivity index is 1.66. The number of hydrogen-bond acceptors (Lipinski definition) is 6. The van der Waals surface area contributed by atoms with Crippen molar-refractivity contribution in [2.24, 2.45) is 0 Å². The van der Waals surface area contributed by atoms with Crippen LogP contribution >= 0.6 is 11.3 Å². The van der Waals surface area contributed by atoms with E-state index in [9.17, 15) is 13.2 Å². The largest absolute Gasteiger partial charge is 0.494 e. The third kappa shape index (κ3) is 5.88. The average Bonchev–Trinajstić information content (AvgIpc) is 3.02.